The van der Waals surface area contributed by atoms with Crippen LogP contribution >= 0.6 is 0 Å². The number of ether oxygens (including phenoxy) is 3. The van der Waals surface area contributed by atoms with E-state index in [4.69, 9.17) is 14.2 Å². The zero-order chi connectivity index (χ0) is 13.8. The fourth-order valence-corrected chi connectivity index (χ4v) is 2.21. The average molecular weight is 263 g/mol. The van der Waals surface area contributed by atoms with Gasteiger partial charge in [-0.2, -0.15) is 0 Å². The molecule has 0 spiro atoms. The van der Waals surface area contributed by atoms with Gasteiger partial charge in [0.25, 0.3) is 5.79 Å². The summed E-state index contributed by atoms with van der Waals surface area (Å²) in [6.07, 6.45) is 4.47. The molecule has 0 bridgehead atoms. The Morgan fingerprint density at radius 2 is 1.84 bits per heavy atom. The van der Waals surface area contributed by atoms with Crippen molar-refractivity contribution in [1.29, 1.82) is 0 Å². The molecule has 19 heavy (non-hydrogen) atoms. The standard InChI is InChI=1S/C13H13NO5/c1-13(2)18-11(15)9(12(16)19-13)10-14(3)7-5-4-6-8(7)17-10/h4-5H,6H2,1-3H3. The summed E-state index contributed by atoms with van der Waals surface area (Å²) < 4.78 is 15.7. The number of hydrogen-bond donors (Lipinski definition) is 0. The topological polar surface area (TPSA) is 65.1 Å². The number of carbonyl (C=O) groups is 2. The zero-order valence-electron chi connectivity index (χ0n) is 10.9. The highest BCUT2D eigenvalue weighted by atomic mass is 16.7. The maximum Gasteiger partial charge on any atom is 0.354 e. The summed E-state index contributed by atoms with van der Waals surface area (Å²) in [7, 11) is 1.72. The van der Waals surface area contributed by atoms with Gasteiger partial charge in [-0.05, 0) is 6.08 Å². The lowest BCUT2D eigenvalue weighted by molar-refractivity contribution is -0.223. The van der Waals surface area contributed by atoms with Crippen LogP contribution in [0.15, 0.2) is 35.1 Å². The van der Waals surface area contributed by atoms with E-state index in [2.05, 4.69) is 0 Å². The predicted octanol–water partition coefficient (Wildman–Crippen LogP) is 1.17. The number of esters is 2. The minimum absolute atomic E-state index is 0.167. The van der Waals surface area contributed by atoms with Crippen molar-refractivity contribution in [2.24, 2.45) is 0 Å². The van der Waals surface area contributed by atoms with Gasteiger partial charge in [0, 0.05) is 27.3 Å². The molecular formula is C13H13NO5. The monoisotopic (exact) mass is 263 g/mol. The number of rotatable bonds is 0. The van der Waals surface area contributed by atoms with Crippen LogP contribution in [0.4, 0.5) is 0 Å². The minimum Gasteiger partial charge on any atom is -0.441 e. The Kier molecular flexibility index (Phi) is 2.26. The first-order chi connectivity index (χ1) is 8.89. The number of carbonyl (C=O) groups excluding carboxylic acids is 2. The molecular weight excluding hydrogens is 250 g/mol. The summed E-state index contributed by atoms with van der Waals surface area (Å²) in [5.41, 5.74) is 0.637. The Labute approximate surface area is 109 Å². The molecule has 1 fully saturated rings. The van der Waals surface area contributed by atoms with Crippen molar-refractivity contribution in [1.82, 2.24) is 4.90 Å². The summed E-state index contributed by atoms with van der Waals surface area (Å²) in [6.45, 7) is 3.01. The van der Waals surface area contributed by atoms with Gasteiger partial charge in [-0.3, -0.25) is 0 Å². The van der Waals surface area contributed by atoms with E-state index in [0.717, 1.165) is 11.5 Å². The molecule has 0 atom stereocenters. The molecule has 6 nitrogen and oxygen atoms in total. The van der Waals surface area contributed by atoms with E-state index in [0.29, 0.717) is 6.42 Å². The molecule has 0 saturated carbocycles. The number of cyclic esters (lactones) is 2. The van der Waals surface area contributed by atoms with Crippen LogP contribution in [-0.2, 0) is 23.8 Å². The molecule has 3 rings (SSSR count). The van der Waals surface area contributed by atoms with Crippen molar-refractivity contribution in [2.75, 3.05) is 7.05 Å². The van der Waals surface area contributed by atoms with Gasteiger partial charge in [0.15, 0.2) is 0 Å². The van der Waals surface area contributed by atoms with Gasteiger partial charge in [0.05, 0.1) is 5.70 Å². The van der Waals surface area contributed by atoms with Gasteiger partial charge in [-0.15, -0.1) is 0 Å². The minimum atomic E-state index is -1.24. The van der Waals surface area contributed by atoms with Crippen LogP contribution < -0.4 is 0 Å². The molecule has 1 saturated heterocycles. The third-order valence-corrected chi connectivity index (χ3v) is 3.05. The highest BCUT2D eigenvalue weighted by Gasteiger charge is 2.44. The van der Waals surface area contributed by atoms with Crippen molar-refractivity contribution < 1.29 is 23.8 Å². The van der Waals surface area contributed by atoms with E-state index in [1.165, 1.54) is 13.8 Å². The summed E-state index contributed by atoms with van der Waals surface area (Å²) in [5, 5.41) is 0. The molecule has 2 aliphatic heterocycles. The van der Waals surface area contributed by atoms with E-state index in [-0.39, 0.29) is 11.5 Å². The van der Waals surface area contributed by atoms with Gasteiger partial charge >= 0.3 is 11.9 Å². The van der Waals surface area contributed by atoms with Crippen molar-refractivity contribution in [3.63, 3.8) is 0 Å². The van der Waals surface area contributed by atoms with E-state index in [1.807, 2.05) is 12.2 Å². The van der Waals surface area contributed by atoms with Gasteiger partial charge in [0.2, 0.25) is 11.5 Å². The lowest BCUT2D eigenvalue weighted by Crippen LogP contribution is -2.43. The highest BCUT2D eigenvalue weighted by molar-refractivity contribution is 6.15. The average Bonchev–Trinajstić information content (AvgIpc) is 2.81. The molecule has 0 aromatic rings. The molecule has 0 radical (unpaired) electrons. The molecule has 2 heterocycles. The largest absolute Gasteiger partial charge is 0.441 e. The van der Waals surface area contributed by atoms with Gasteiger partial charge in [-0.1, -0.05) is 6.08 Å². The van der Waals surface area contributed by atoms with E-state index < -0.39 is 17.7 Å². The van der Waals surface area contributed by atoms with Gasteiger partial charge in [0.1, 0.15) is 5.76 Å². The molecule has 100 valence electrons. The molecule has 3 aliphatic rings. The lowest BCUT2D eigenvalue weighted by Gasteiger charge is -2.30. The van der Waals surface area contributed by atoms with Gasteiger partial charge in [-0.25, -0.2) is 9.59 Å². The zero-order valence-corrected chi connectivity index (χ0v) is 10.9. The second-order valence-electron chi connectivity index (χ2n) is 4.94. The third-order valence-electron chi connectivity index (χ3n) is 3.05. The molecule has 0 N–H and O–H groups in total. The first-order valence-electron chi connectivity index (χ1n) is 5.91. The number of nitrogens with zero attached hydrogens (tertiary/aromatic N) is 1. The molecule has 6 heteroatoms. The molecule has 1 aliphatic carbocycles. The molecule has 0 aromatic carbocycles. The summed E-state index contributed by atoms with van der Waals surface area (Å²) in [6, 6.07) is 0. The number of allylic oxidation sites excluding steroid dienone is 2. The van der Waals surface area contributed by atoms with Crippen LogP contribution in [0.2, 0.25) is 0 Å². The van der Waals surface area contributed by atoms with E-state index in [9.17, 15) is 9.59 Å². The molecule has 0 amide bonds. The Balaban J connectivity index is 1.99. The van der Waals surface area contributed by atoms with Crippen molar-refractivity contribution in [3.8, 4) is 0 Å². The van der Waals surface area contributed by atoms with Gasteiger partial charge < -0.3 is 19.1 Å². The number of hydrogen-bond acceptors (Lipinski definition) is 6. The first-order valence-corrected chi connectivity index (χ1v) is 5.91. The second-order valence-corrected chi connectivity index (χ2v) is 4.94. The van der Waals surface area contributed by atoms with E-state index in [1.54, 1.807) is 11.9 Å². The number of likely N-dealkylation sites (N-methyl/N-ethyl adjacent to an activating group) is 1. The Morgan fingerprint density at radius 1 is 1.21 bits per heavy atom. The third kappa shape index (κ3) is 1.71. The molecule has 0 aromatic heterocycles. The Hall–Kier alpha value is -2.24. The summed E-state index contributed by atoms with van der Waals surface area (Å²) >= 11 is 0. The van der Waals surface area contributed by atoms with Crippen molar-refractivity contribution in [3.05, 3.63) is 35.1 Å². The lowest BCUT2D eigenvalue weighted by atomic mass is 10.2. The second kappa shape index (κ2) is 3.63. The highest BCUT2D eigenvalue weighted by Crippen LogP contribution is 2.37. The summed E-state index contributed by atoms with van der Waals surface area (Å²) in [4.78, 5) is 25.5. The predicted molar refractivity (Wildman–Crippen MR) is 62.9 cm³/mol. The normalized spacial score (nSPS) is 24.5. The van der Waals surface area contributed by atoms with Crippen LogP contribution in [-0.4, -0.2) is 29.7 Å². The van der Waals surface area contributed by atoms with Crippen LogP contribution in [0, 0.1) is 0 Å². The van der Waals surface area contributed by atoms with Crippen LogP contribution in [0.5, 0.6) is 0 Å². The quantitative estimate of drug-likeness (QED) is 0.371. The molecule has 0 unspecified atom stereocenters. The SMILES string of the molecule is CN1C2=C(CC=C2)OC1=C1C(=O)OC(C)(C)OC1=O. The van der Waals surface area contributed by atoms with Crippen LogP contribution in [0.25, 0.3) is 0 Å². The van der Waals surface area contributed by atoms with E-state index >= 15 is 0 Å². The fourth-order valence-electron chi connectivity index (χ4n) is 2.21. The Morgan fingerprint density at radius 3 is 2.42 bits per heavy atom. The smallest absolute Gasteiger partial charge is 0.354 e. The summed E-state index contributed by atoms with van der Waals surface area (Å²) in [5.74, 6) is -1.82. The van der Waals surface area contributed by atoms with Crippen molar-refractivity contribution in [2.45, 2.75) is 26.1 Å². The van der Waals surface area contributed by atoms with Crippen LogP contribution in [0.1, 0.15) is 20.3 Å². The fraction of sp³-hybridized carbons (Fsp3) is 0.385. The maximum atomic E-state index is 11.9. The Bertz CT molecular complexity index is 560. The first kappa shape index (κ1) is 11.8. The van der Waals surface area contributed by atoms with Crippen molar-refractivity contribution >= 4 is 11.9 Å². The maximum absolute atomic E-state index is 11.9. The van der Waals surface area contributed by atoms with Crippen LogP contribution in [0.3, 0.4) is 0 Å².